The highest BCUT2D eigenvalue weighted by Gasteiger charge is 2.23. The van der Waals surface area contributed by atoms with Crippen molar-refractivity contribution in [1.82, 2.24) is 5.32 Å². The Morgan fingerprint density at radius 2 is 2.20 bits per heavy atom. The molecule has 82 valence electrons. The highest BCUT2D eigenvalue weighted by Crippen LogP contribution is 2.29. The monoisotopic (exact) mass is 205 g/mol. The summed E-state index contributed by atoms with van der Waals surface area (Å²) in [6, 6.07) is 9.08. The predicted molar refractivity (Wildman–Crippen MR) is 61.7 cm³/mol. The second-order valence-corrected chi connectivity index (χ2v) is 4.43. The minimum Gasteiger partial charge on any atom is -0.380 e. The molecule has 2 atom stereocenters. The SMILES string of the molecule is COCc1ccccc1C1CC(C)CN1. The minimum absolute atomic E-state index is 0.520. The van der Waals surface area contributed by atoms with Gasteiger partial charge in [0.25, 0.3) is 0 Å². The second-order valence-electron chi connectivity index (χ2n) is 4.43. The summed E-state index contributed by atoms with van der Waals surface area (Å²) >= 11 is 0. The lowest BCUT2D eigenvalue weighted by molar-refractivity contribution is 0.183. The van der Waals surface area contributed by atoms with Gasteiger partial charge in [-0.15, -0.1) is 0 Å². The zero-order valence-electron chi connectivity index (χ0n) is 9.49. The summed E-state index contributed by atoms with van der Waals surface area (Å²) in [4.78, 5) is 0. The average molecular weight is 205 g/mol. The molecule has 2 heteroatoms. The zero-order valence-corrected chi connectivity index (χ0v) is 9.49. The summed E-state index contributed by atoms with van der Waals surface area (Å²) in [6.45, 7) is 4.14. The van der Waals surface area contributed by atoms with E-state index >= 15 is 0 Å². The van der Waals surface area contributed by atoms with E-state index in [-0.39, 0.29) is 0 Å². The largest absolute Gasteiger partial charge is 0.380 e. The molecule has 0 bridgehead atoms. The molecule has 0 radical (unpaired) electrons. The van der Waals surface area contributed by atoms with Gasteiger partial charge in [0.15, 0.2) is 0 Å². The lowest BCUT2D eigenvalue weighted by Crippen LogP contribution is -2.15. The fourth-order valence-corrected chi connectivity index (χ4v) is 2.31. The van der Waals surface area contributed by atoms with Gasteiger partial charge in [-0.25, -0.2) is 0 Å². The van der Waals surface area contributed by atoms with Gasteiger partial charge in [-0.2, -0.15) is 0 Å². The van der Waals surface area contributed by atoms with Gasteiger partial charge in [-0.05, 0) is 30.0 Å². The van der Waals surface area contributed by atoms with Gasteiger partial charge in [0, 0.05) is 13.2 Å². The molecule has 0 saturated carbocycles. The fourth-order valence-electron chi connectivity index (χ4n) is 2.31. The Balaban J connectivity index is 2.19. The van der Waals surface area contributed by atoms with Crippen LogP contribution in [0.3, 0.4) is 0 Å². The Kier molecular flexibility index (Phi) is 3.39. The van der Waals surface area contributed by atoms with Crippen molar-refractivity contribution in [2.45, 2.75) is 26.0 Å². The smallest absolute Gasteiger partial charge is 0.0716 e. The molecule has 0 aliphatic carbocycles. The molecule has 0 amide bonds. The first kappa shape index (κ1) is 10.7. The first-order valence-corrected chi connectivity index (χ1v) is 5.61. The first-order valence-electron chi connectivity index (χ1n) is 5.61. The van der Waals surface area contributed by atoms with Gasteiger partial charge < -0.3 is 10.1 Å². The number of nitrogens with one attached hydrogen (secondary N) is 1. The van der Waals surface area contributed by atoms with Crippen LogP contribution in [0.2, 0.25) is 0 Å². The molecular formula is C13H19NO. The van der Waals surface area contributed by atoms with Gasteiger partial charge in [0.1, 0.15) is 0 Å². The third kappa shape index (κ3) is 2.39. The van der Waals surface area contributed by atoms with E-state index < -0.39 is 0 Å². The minimum atomic E-state index is 0.520. The fraction of sp³-hybridized carbons (Fsp3) is 0.538. The average Bonchev–Trinajstić information content (AvgIpc) is 2.66. The summed E-state index contributed by atoms with van der Waals surface area (Å²) in [5.74, 6) is 0.783. The topological polar surface area (TPSA) is 21.3 Å². The Bertz CT molecular complexity index is 324. The highest BCUT2D eigenvalue weighted by atomic mass is 16.5. The van der Waals surface area contributed by atoms with Gasteiger partial charge in [-0.1, -0.05) is 31.2 Å². The van der Waals surface area contributed by atoms with Crippen LogP contribution in [-0.2, 0) is 11.3 Å². The molecular weight excluding hydrogens is 186 g/mol. The molecule has 1 heterocycles. The van der Waals surface area contributed by atoms with Crippen molar-refractivity contribution in [1.29, 1.82) is 0 Å². The van der Waals surface area contributed by atoms with Crippen molar-refractivity contribution < 1.29 is 4.74 Å². The molecule has 1 aliphatic heterocycles. The molecule has 1 fully saturated rings. The lowest BCUT2D eigenvalue weighted by atomic mass is 9.97. The van der Waals surface area contributed by atoms with E-state index in [2.05, 4.69) is 36.5 Å². The first-order chi connectivity index (χ1) is 7.31. The van der Waals surface area contributed by atoms with E-state index in [0.717, 1.165) is 12.5 Å². The van der Waals surface area contributed by atoms with E-state index in [4.69, 9.17) is 4.74 Å². The van der Waals surface area contributed by atoms with Crippen LogP contribution >= 0.6 is 0 Å². The molecule has 2 nitrogen and oxygen atoms in total. The van der Waals surface area contributed by atoms with Crippen molar-refractivity contribution in [3.8, 4) is 0 Å². The Morgan fingerprint density at radius 3 is 2.87 bits per heavy atom. The van der Waals surface area contributed by atoms with Crippen LogP contribution in [0.1, 0.15) is 30.5 Å². The van der Waals surface area contributed by atoms with E-state index in [1.54, 1.807) is 7.11 Å². The molecule has 1 N–H and O–H groups in total. The van der Waals surface area contributed by atoms with Gasteiger partial charge in [0.05, 0.1) is 6.61 Å². The van der Waals surface area contributed by atoms with Crippen molar-refractivity contribution in [3.05, 3.63) is 35.4 Å². The molecule has 1 aromatic rings. The van der Waals surface area contributed by atoms with Crippen molar-refractivity contribution in [3.63, 3.8) is 0 Å². The second kappa shape index (κ2) is 4.77. The third-order valence-electron chi connectivity index (χ3n) is 3.08. The number of hydrogen-bond donors (Lipinski definition) is 1. The van der Waals surface area contributed by atoms with Crippen LogP contribution in [0.4, 0.5) is 0 Å². The molecule has 1 aromatic carbocycles. The quantitative estimate of drug-likeness (QED) is 0.818. The number of rotatable bonds is 3. The maximum absolute atomic E-state index is 5.23. The Hall–Kier alpha value is -0.860. The molecule has 1 aliphatic rings. The van der Waals surface area contributed by atoms with Crippen molar-refractivity contribution >= 4 is 0 Å². The number of ether oxygens (including phenoxy) is 1. The molecule has 2 unspecified atom stereocenters. The van der Waals surface area contributed by atoms with E-state index in [1.807, 2.05) is 0 Å². The summed E-state index contributed by atoms with van der Waals surface area (Å²) in [7, 11) is 1.75. The van der Waals surface area contributed by atoms with Crippen LogP contribution in [0.15, 0.2) is 24.3 Å². The summed E-state index contributed by atoms with van der Waals surface area (Å²) in [5, 5.41) is 3.57. The number of methoxy groups -OCH3 is 1. The van der Waals surface area contributed by atoms with E-state index in [0.29, 0.717) is 12.6 Å². The molecule has 15 heavy (non-hydrogen) atoms. The lowest BCUT2D eigenvalue weighted by Gasteiger charge is -2.15. The standard InChI is InChI=1S/C13H19NO/c1-10-7-13(14-8-10)12-6-4-3-5-11(12)9-15-2/h3-6,10,13-14H,7-9H2,1-2H3. The van der Waals surface area contributed by atoms with Gasteiger partial charge >= 0.3 is 0 Å². The van der Waals surface area contributed by atoms with Crippen LogP contribution in [0.5, 0.6) is 0 Å². The zero-order chi connectivity index (χ0) is 10.7. The number of hydrogen-bond acceptors (Lipinski definition) is 2. The normalized spacial score (nSPS) is 25.7. The van der Waals surface area contributed by atoms with Crippen LogP contribution in [0, 0.1) is 5.92 Å². The summed E-state index contributed by atoms with van der Waals surface area (Å²) < 4.78 is 5.23. The van der Waals surface area contributed by atoms with Crippen molar-refractivity contribution in [2.75, 3.05) is 13.7 Å². The maximum atomic E-state index is 5.23. The van der Waals surface area contributed by atoms with Gasteiger partial charge in [-0.3, -0.25) is 0 Å². The molecule has 0 spiro atoms. The molecule has 0 aromatic heterocycles. The van der Waals surface area contributed by atoms with Crippen LogP contribution in [0.25, 0.3) is 0 Å². The molecule has 1 saturated heterocycles. The number of benzene rings is 1. The van der Waals surface area contributed by atoms with E-state index in [1.165, 1.54) is 17.5 Å². The highest BCUT2D eigenvalue weighted by molar-refractivity contribution is 5.30. The summed E-state index contributed by atoms with van der Waals surface area (Å²) in [6.07, 6.45) is 1.24. The van der Waals surface area contributed by atoms with E-state index in [9.17, 15) is 0 Å². The predicted octanol–water partition coefficient (Wildman–Crippen LogP) is 2.50. The van der Waals surface area contributed by atoms with Crippen molar-refractivity contribution in [2.24, 2.45) is 5.92 Å². The van der Waals surface area contributed by atoms with Crippen LogP contribution < -0.4 is 5.32 Å². The van der Waals surface area contributed by atoms with Gasteiger partial charge in [0.2, 0.25) is 0 Å². The Labute approximate surface area is 91.6 Å². The Morgan fingerprint density at radius 1 is 1.40 bits per heavy atom. The third-order valence-corrected chi connectivity index (χ3v) is 3.08. The maximum Gasteiger partial charge on any atom is 0.0716 e. The van der Waals surface area contributed by atoms with Crippen LogP contribution in [-0.4, -0.2) is 13.7 Å². The summed E-state index contributed by atoms with van der Waals surface area (Å²) in [5.41, 5.74) is 2.72. The molecule has 2 rings (SSSR count).